The summed E-state index contributed by atoms with van der Waals surface area (Å²) in [7, 11) is 1.64. The molecule has 0 aliphatic carbocycles. The van der Waals surface area contributed by atoms with Gasteiger partial charge in [0.25, 0.3) is 5.91 Å². The fourth-order valence-electron chi connectivity index (χ4n) is 3.36. The summed E-state index contributed by atoms with van der Waals surface area (Å²) in [5.41, 5.74) is 1.09. The van der Waals surface area contributed by atoms with Crippen LogP contribution < -0.4 is 10.1 Å². The van der Waals surface area contributed by atoms with Gasteiger partial charge in [0, 0.05) is 6.54 Å². The molecule has 27 heavy (non-hydrogen) atoms. The summed E-state index contributed by atoms with van der Waals surface area (Å²) in [4.78, 5) is 26.9. The summed E-state index contributed by atoms with van der Waals surface area (Å²) in [6.45, 7) is 0.640. The van der Waals surface area contributed by atoms with Crippen molar-refractivity contribution in [3.05, 3.63) is 52.4 Å². The van der Waals surface area contributed by atoms with Crippen molar-refractivity contribution in [2.45, 2.75) is 31.7 Å². The van der Waals surface area contributed by atoms with Crippen LogP contribution in [0, 0.1) is 0 Å². The van der Waals surface area contributed by atoms with Crippen LogP contribution in [-0.2, 0) is 4.79 Å². The van der Waals surface area contributed by atoms with E-state index in [1.54, 1.807) is 19.2 Å². The fraction of sp³-hybridized carbons (Fsp3) is 0.400. The zero-order valence-corrected chi connectivity index (χ0v) is 16.8. The second-order valence-electron chi connectivity index (χ2n) is 6.51. The zero-order chi connectivity index (χ0) is 19.2. The molecule has 0 bridgehead atoms. The van der Waals surface area contributed by atoms with Gasteiger partial charge in [-0.05, 0) is 58.6 Å². The predicted octanol–water partition coefficient (Wildman–Crippen LogP) is 3.92. The first kappa shape index (κ1) is 19.5. The van der Waals surface area contributed by atoms with Gasteiger partial charge >= 0.3 is 0 Å². The Hall–Kier alpha value is -2.28. The van der Waals surface area contributed by atoms with Gasteiger partial charge in [0.05, 0.1) is 19.7 Å². The van der Waals surface area contributed by atoms with Gasteiger partial charge in [-0.15, -0.1) is 0 Å². The van der Waals surface area contributed by atoms with Crippen molar-refractivity contribution in [3.63, 3.8) is 0 Å². The van der Waals surface area contributed by atoms with E-state index in [0.717, 1.165) is 37.0 Å². The number of benzene rings is 1. The number of amides is 2. The van der Waals surface area contributed by atoms with Crippen molar-refractivity contribution in [1.29, 1.82) is 0 Å². The lowest BCUT2D eigenvalue weighted by atomic mass is 10.0. The standard InChI is InChI=1S/C20H23BrN2O4/c1-26-15-8-6-14(7-9-15)16-5-3-2-4-12-23(16)19(24)13-22-20(25)17-10-11-18(21)27-17/h6-11,16H,2-5,12-13H2,1H3,(H,22,25). The number of nitrogens with one attached hydrogen (secondary N) is 1. The number of hydrogen-bond donors (Lipinski definition) is 1. The number of hydrogen-bond acceptors (Lipinski definition) is 4. The molecule has 1 aromatic heterocycles. The van der Waals surface area contributed by atoms with Crippen LogP contribution in [-0.4, -0.2) is 36.9 Å². The number of carbonyl (C=O) groups is 2. The number of rotatable bonds is 5. The quantitative estimate of drug-likeness (QED) is 0.773. The number of halogens is 1. The Labute approximate surface area is 167 Å². The molecule has 1 aliphatic heterocycles. The van der Waals surface area contributed by atoms with Crippen LogP contribution in [0.1, 0.15) is 47.8 Å². The van der Waals surface area contributed by atoms with E-state index >= 15 is 0 Å². The van der Waals surface area contributed by atoms with E-state index in [1.807, 2.05) is 29.2 Å². The molecule has 7 heteroatoms. The highest BCUT2D eigenvalue weighted by atomic mass is 79.9. The minimum atomic E-state index is -0.398. The Balaban J connectivity index is 1.68. The molecule has 1 N–H and O–H groups in total. The number of methoxy groups -OCH3 is 1. The Bertz CT molecular complexity index is 788. The van der Waals surface area contributed by atoms with Crippen LogP contribution in [0.5, 0.6) is 5.75 Å². The second-order valence-corrected chi connectivity index (χ2v) is 7.29. The predicted molar refractivity (Wildman–Crippen MR) is 105 cm³/mol. The van der Waals surface area contributed by atoms with E-state index in [9.17, 15) is 9.59 Å². The Morgan fingerprint density at radius 1 is 1.19 bits per heavy atom. The van der Waals surface area contributed by atoms with E-state index in [4.69, 9.17) is 9.15 Å². The van der Waals surface area contributed by atoms with Gasteiger partial charge < -0.3 is 19.4 Å². The van der Waals surface area contributed by atoms with Gasteiger partial charge in [0.15, 0.2) is 10.4 Å². The van der Waals surface area contributed by atoms with Gasteiger partial charge in [0.2, 0.25) is 5.91 Å². The fourth-order valence-corrected chi connectivity index (χ4v) is 3.67. The maximum Gasteiger partial charge on any atom is 0.287 e. The molecule has 0 radical (unpaired) electrons. The Kier molecular flexibility index (Phi) is 6.55. The highest BCUT2D eigenvalue weighted by molar-refractivity contribution is 9.10. The van der Waals surface area contributed by atoms with Gasteiger partial charge in [-0.2, -0.15) is 0 Å². The van der Waals surface area contributed by atoms with Gasteiger partial charge in [-0.1, -0.05) is 25.0 Å². The molecule has 1 fully saturated rings. The summed E-state index contributed by atoms with van der Waals surface area (Å²) in [6.07, 6.45) is 4.06. The van der Waals surface area contributed by atoms with Crippen LogP contribution in [0.25, 0.3) is 0 Å². The lowest BCUT2D eigenvalue weighted by Gasteiger charge is -2.30. The molecule has 0 spiro atoms. The minimum Gasteiger partial charge on any atom is -0.497 e. The highest BCUT2D eigenvalue weighted by Crippen LogP contribution is 2.31. The molecule has 144 valence electrons. The maximum atomic E-state index is 12.8. The first-order valence-electron chi connectivity index (χ1n) is 9.05. The molecule has 2 aromatic rings. The van der Waals surface area contributed by atoms with E-state index in [2.05, 4.69) is 21.2 Å². The topological polar surface area (TPSA) is 71.8 Å². The molecule has 2 amide bonds. The molecule has 1 unspecified atom stereocenters. The third-order valence-electron chi connectivity index (χ3n) is 4.77. The number of nitrogens with zero attached hydrogens (tertiary/aromatic N) is 1. The average Bonchev–Trinajstić information content (AvgIpc) is 2.98. The average molecular weight is 435 g/mol. The largest absolute Gasteiger partial charge is 0.497 e. The van der Waals surface area contributed by atoms with Crippen molar-refractivity contribution in [3.8, 4) is 5.75 Å². The van der Waals surface area contributed by atoms with Gasteiger partial charge in [-0.3, -0.25) is 9.59 Å². The van der Waals surface area contributed by atoms with E-state index < -0.39 is 5.91 Å². The summed E-state index contributed by atoms with van der Waals surface area (Å²) >= 11 is 3.16. The Morgan fingerprint density at radius 2 is 1.96 bits per heavy atom. The zero-order valence-electron chi connectivity index (χ0n) is 15.2. The monoisotopic (exact) mass is 434 g/mol. The second kappa shape index (κ2) is 9.08. The molecule has 1 saturated heterocycles. The normalized spacial score (nSPS) is 17.3. The van der Waals surface area contributed by atoms with E-state index in [0.29, 0.717) is 11.2 Å². The smallest absolute Gasteiger partial charge is 0.287 e. The number of ether oxygens (including phenoxy) is 1. The lowest BCUT2D eigenvalue weighted by Crippen LogP contribution is -2.42. The molecule has 1 atom stereocenters. The van der Waals surface area contributed by atoms with Crippen molar-refractivity contribution in [2.24, 2.45) is 0 Å². The molecule has 1 aromatic carbocycles. The summed E-state index contributed by atoms with van der Waals surface area (Å²) < 4.78 is 10.9. The summed E-state index contributed by atoms with van der Waals surface area (Å²) in [6, 6.07) is 11.1. The molecular formula is C20H23BrN2O4. The van der Waals surface area contributed by atoms with Crippen LogP contribution in [0.4, 0.5) is 0 Å². The van der Waals surface area contributed by atoms with Gasteiger partial charge in [-0.25, -0.2) is 0 Å². The van der Waals surface area contributed by atoms with Crippen molar-refractivity contribution < 1.29 is 18.7 Å². The first-order chi connectivity index (χ1) is 13.1. The first-order valence-corrected chi connectivity index (χ1v) is 9.84. The molecule has 1 aliphatic rings. The van der Waals surface area contributed by atoms with Crippen molar-refractivity contribution in [2.75, 3.05) is 20.2 Å². The van der Waals surface area contributed by atoms with Gasteiger partial charge in [0.1, 0.15) is 5.75 Å². The molecule has 0 saturated carbocycles. The highest BCUT2D eigenvalue weighted by Gasteiger charge is 2.27. The van der Waals surface area contributed by atoms with Crippen LogP contribution in [0.3, 0.4) is 0 Å². The molecule has 6 nitrogen and oxygen atoms in total. The SMILES string of the molecule is COc1ccc(C2CCCCCN2C(=O)CNC(=O)c2ccc(Br)o2)cc1. The third kappa shape index (κ3) is 4.91. The number of furan rings is 1. The van der Waals surface area contributed by atoms with E-state index in [1.165, 1.54) is 0 Å². The lowest BCUT2D eigenvalue weighted by molar-refractivity contribution is -0.132. The molecule has 3 rings (SSSR count). The molecular weight excluding hydrogens is 412 g/mol. The summed E-state index contributed by atoms with van der Waals surface area (Å²) in [5.74, 6) is 0.487. The summed E-state index contributed by atoms with van der Waals surface area (Å²) in [5, 5.41) is 2.66. The number of carbonyl (C=O) groups excluding carboxylic acids is 2. The van der Waals surface area contributed by atoms with Crippen molar-refractivity contribution >= 4 is 27.7 Å². The van der Waals surface area contributed by atoms with Crippen molar-refractivity contribution in [1.82, 2.24) is 10.2 Å². The third-order valence-corrected chi connectivity index (χ3v) is 5.20. The molecule has 2 heterocycles. The Morgan fingerprint density at radius 3 is 2.63 bits per heavy atom. The van der Waals surface area contributed by atoms with Crippen LogP contribution in [0.15, 0.2) is 45.5 Å². The number of likely N-dealkylation sites (tertiary alicyclic amines) is 1. The minimum absolute atomic E-state index is 0.0144. The van der Waals surface area contributed by atoms with Crippen LogP contribution in [0.2, 0.25) is 0 Å². The maximum absolute atomic E-state index is 12.8. The van der Waals surface area contributed by atoms with Crippen LogP contribution >= 0.6 is 15.9 Å². The van der Waals surface area contributed by atoms with E-state index in [-0.39, 0.29) is 24.3 Å².